The number of rotatable bonds is 7. The molecular weight excluding hydrogens is 441 g/mol. The van der Waals surface area contributed by atoms with Crippen molar-refractivity contribution in [2.45, 2.75) is 32.0 Å². The zero-order valence-corrected chi connectivity index (χ0v) is 18.6. The summed E-state index contributed by atoms with van der Waals surface area (Å²) in [5, 5.41) is 10.2. The number of carboxylic acids is 1. The molecule has 3 aliphatic rings. The molecule has 33 heavy (non-hydrogen) atoms. The third-order valence-electron chi connectivity index (χ3n) is 6.38. The van der Waals surface area contributed by atoms with Gasteiger partial charge in [-0.2, -0.15) is 13.2 Å². The molecular formula is C23H31F3N2O5. The summed E-state index contributed by atoms with van der Waals surface area (Å²) in [5.74, 6) is 0.577. The summed E-state index contributed by atoms with van der Waals surface area (Å²) in [5.41, 5.74) is 1.31. The lowest BCUT2D eigenvalue weighted by molar-refractivity contribution is -0.192. The average molecular weight is 473 g/mol. The number of halogens is 3. The summed E-state index contributed by atoms with van der Waals surface area (Å²) in [6, 6.07) is 8.32. The van der Waals surface area contributed by atoms with Gasteiger partial charge in [-0.05, 0) is 54.2 Å². The van der Waals surface area contributed by atoms with Gasteiger partial charge in [0, 0.05) is 32.6 Å². The lowest BCUT2D eigenvalue weighted by atomic mass is 9.81. The molecule has 1 saturated carbocycles. The van der Waals surface area contributed by atoms with Crippen molar-refractivity contribution in [1.29, 1.82) is 0 Å². The Morgan fingerprint density at radius 2 is 1.85 bits per heavy atom. The molecule has 0 aromatic heterocycles. The first-order chi connectivity index (χ1) is 15.7. The van der Waals surface area contributed by atoms with Crippen LogP contribution in [0.5, 0.6) is 5.75 Å². The maximum Gasteiger partial charge on any atom is 0.490 e. The number of benzene rings is 1. The van der Waals surface area contributed by atoms with Crippen molar-refractivity contribution in [1.82, 2.24) is 10.2 Å². The minimum Gasteiger partial charge on any atom is -0.497 e. The molecule has 1 aliphatic carbocycles. The van der Waals surface area contributed by atoms with E-state index in [1.807, 2.05) is 12.1 Å². The second-order valence-corrected chi connectivity index (χ2v) is 9.02. The van der Waals surface area contributed by atoms with Gasteiger partial charge in [0.1, 0.15) is 5.75 Å². The Kier molecular flexibility index (Phi) is 8.58. The standard InChI is InChI=1S/C21H30N2O3.C2HF3O2/c1-25-19-6-4-16(5-7-19)10-23-11-18-14-26-13-17(20(18)12-23)8-21(24)22-9-15-2-3-15;3-2(4,5)1(6)7/h4-7,15,17-18,20H,2-3,8-14H2,1H3,(H,22,24);(H,6,7)/t17-,18-,20+;/m1./s1. The Morgan fingerprint density at radius 3 is 2.42 bits per heavy atom. The maximum atomic E-state index is 12.3. The second kappa shape index (κ2) is 11.2. The van der Waals surface area contributed by atoms with Gasteiger partial charge in [0.05, 0.1) is 20.3 Å². The van der Waals surface area contributed by atoms with Crippen molar-refractivity contribution in [3.05, 3.63) is 29.8 Å². The fourth-order valence-electron chi connectivity index (χ4n) is 4.41. The number of aliphatic carboxylic acids is 1. The van der Waals surface area contributed by atoms with Gasteiger partial charge >= 0.3 is 12.1 Å². The van der Waals surface area contributed by atoms with Gasteiger partial charge in [-0.1, -0.05) is 12.1 Å². The van der Waals surface area contributed by atoms with Gasteiger partial charge in [0.15, 0.2) is 0 Å². The van der Waals surface area contributed by atoms with Crippen LogP contribution >= 0.6 is 0 Å². The number of carbonyl (C=O) groups is 2. The van der Waals surface area contributed by atoms with Crippen LogP contribution in [0.3, 0.4) is 0 Å². The molecule has 0 bridgehead atoms. The topological polar surface area (TPSA) is 88.1 Å². The number of fused-ring (bicyclic) bond motifs is 1. The van der Waals surface area contributed by atoms with Crippen molar-refractivity contribution < 1.29 is 37.3 Å². The van der Waals surface area contributed by atoms with Crippen LogP contribution in [-0.2, 0) is 20.9 Å². The number of carbonyl (C=O) groups excluding carboxylic acids is 1. The number of hydrogen-bond donors (Lipinski definition) is 2. The van der Waals surface area contributed by atoms with E-state index < -0.39 is 12.1 Å². The molecule has 1 aromatic carbocycles. The maximum absolute atomic E-state index is 12.3. The average Bonchev–Trinajstić information content (AvgIpc) is 3.51. The van der Waals surface area contributed by atoms with E-state index in [1.165, 1.54) is 18.4 Å². The molecule has 184 valence electrons. The highest BCUT2D eigenvalue weighted by atomic mass is 19.4. The van der Waals surface area contributed by atoms with Crippen molar-refractivity contribution in [2.75, 3.05) is 40.0 Å². The molecule has 0 unspecified atom stereocenters. The van der Waals surface area contributed by atoms with Crippen LogP contribution in [0.25, 0.3) is 0 Å². The molecule has 0 spiro atoms. The minimum absolute atomic E-state index is 0.208. The number of amides is 1. The number of methoxy groups -OCH3 is 1. The van der Waals surface area contributed by atoms with E-state index in [0.29, 0.717) is 24.2 Å². The van der Waals surface area contributed by atoms with Gasteiger partial charge in [0.25, 0.3) is 0 Å². The Morgan fingerprint density at radius 1 is 1.18 bits per heavy atom. The fourth-order valence-corrected chi connectivity index (χ4v) is 4.41. The van der Waals surface area contributed by atoms with Gasteiger partial charge in [-0.25, -0.2) is 4.79 Å². The molecule has 2 heterocycles. The van der Waals surface area contributed by atoms with E-state index >= 15 is 0 Å². The van der Waals surface area contributed by atoms with E-state index in [2.05, 4.69) is 22.3 Å². The van der Waals surface area contributed by atoms with E-state index in [-0.39, 0.29) is 5.91 Å². The Labute approximate surface area is 191 Å². The molecule has 1 amide bonds. The number of alkyl halides is 3. The summed E-state index contributed by atoms with van der Waals surface area (Å²) in [4.78, 5) is 23.7. The minimum atomic E-state index is -5.08. The molecule has 2 saturated heterocycles. The number of nitrogens with one attached hydrogen (secondary N) is 1. The Bertz CT molecular complexity index is 798. The SMILES string of the molecule is COc1ccc(CN2C[C@@H]3COC[C@@H](CC(=O)NCC4CC4)[C@@H]3C2)cc1.O=C(O)C(F)(F)F. The highest BCUT2D eigenvalue weighted by Gasteiger charge is 2.41. The van der Waals surface area contributed by atoms with Crippen LogP contribution in [0.2, 0.25) is 0 Å². The van der Waals surface area contributed by atoms with Gasteiger partial charge in [-0.15, -0.1) is 0 Å². The summed E-state index contributed by atoms with van der Waals surface area (Å²) in [6.07, 6.45) is -1.92. The molecule has 10 heteroatoms. The van der Waals surface area contributed by atoms with Gasteiger partial charge in [-0.3, -0.25) is 9.69 Å². The summed E-state index contributed by atoms with van der Waals surface area (Å²) >= 11 is 0. The summed E-state index contributed by atoms with van der Waals surface area (Å²) in [7, 11) is 1.70. The molecule has 7 nitrogen and oxygen atoms in total. The van der Waals surface area contributed by atoms with E-state index in [0.717, 1.165) is 51.1 Å². The summed E-state index contributed by atoms with van der Waals surface area (Å²) in [6.45, 7) is 5.53. The Balaban J connectivity index is 0.000000383. The first kappa shape index (κ1) is 25.3. The number of nitrogens with zero attached hydrogens (tertiary/aromatic N) is 1. The van der Waals surface area contributed by atoms with Crippen LogP contribution < -0.4 is 10.1 Å². The quantitative estimate of drug-likeness (QED) is 0.635. The molecule has 2 aliphatic heterocycles. The van der Waals surface area contributed by atoms with Crippen LogP contribution in [0.15, 0.2) is 24.3 Å². The number of carboxylic acid groups (broad SMARTS) is 1. The zero-order chi connectivity index (χ0) is 24.0. The van der Waals surface area contributed by atoms with Crippen LogP contribution in [0, 0.1) is 23.7 Å². The molecule has 4 rings (SSSR count). The lowest BCUT2D eigenvalue weighted by Crippen LogP contribution is -2.38. The zero-order valence-electron chi connectivity index (χ0n) is 18.6. The van der Waals surface area contributed by atoms with E-state index in [1.54, 1.807) is 7.11 Å². The Hall–Kier alpha value is -2.33. The fraction of sp³-hybridized carbons (Fsp3) is 0.652. The largest absolute Gasteiger partial charge is 0.497 e. The first-order valence-corrected chi connectivity index (χ1v) is 11.2. The van der Waals surface area contributed by atoms with E-state index in [4.69, 9.17) is 19.4 Å². The second-order valence-electron chi connectivity index (χ2n) is 9.02. The molecule has 1 aromatic rings. The highest BCUT2D eigenvalue weighted by molar-refractivity contribution is 5.76. The number of likely N-dealkylation sites (tertiary alicyclic amines) is 1. The monoisotopic (exact) mass is 472 g/mol. The van der Waals surface area contributed by atoms with Crippen LogP contribution in [0.4, 0.5) is 13.2 Å². The molecule has 3 fully saturated rings. The molecule has 3 atom stereocenters. The number of hydrogen-bond acceptors (Lipinski definition) is 5. The first-order valence-electron chi connectivity index (χ1n) is 11.2. The normalized spacial score (nSPS) is 24.9. The van der Waals surface area contributed by atoms with Gasteiger partial charge in [0.2, 0.25) is 5.91 Å². The number of ether oxygens (including phenoxy) is 2. The highest BCUT2D eigenvalue weighted by Crippen LogP contribution is 2.36. The summed E-state index contributed by atoms with van der Waals surface area (Å²) < 4.78 is 42.8. The smallest absolute Gasteiger partial charge is 0.490 e. The van der Waals surface area contributed by atoms with Crippen LogP contribution in [0.1, 0.15) is 24.8 Å². The van der Waals surface area contributed by atoms with Crippen molar-refractivity contribution in [2.24, 2.45) is 23.7 Å². The predicted octanol–water partition coefficient (Wildman–Crippen LogP) is 2.94. The van der Waals surface area contributed by atoms with Crippen molar-refractivity contribution in [3.8, 4) is 5.75 Å². The third kappa shape index (κ3) is 7.89. The van der Waals surface area contributed by atoms with E-state index in [9.17, 15) is 18.0 Å². The lowest BCUT2D eigenvalue weighted by Gasteiger charge is -2.32. The molecule has 0 radical (unpaired) electrons. The molecule has 2 N–H and O–H groups in total. The predicted molar refractivity (Wildman–Crippen MR) is 114 cm³/mol. The van der Waals surface area contributed by atoms with Crippen molar-refractivity contribution in [3.63, 3.8) is 0 Å². The third-order valence-corrected chi connectivity index (χ3v) is 6.38. The van der Waals surface area contributed by atoms with Crippen LogP contribution in [-0.4, -0.2) is 68.0 Å². The van der Waals surface area contributed by atoms with Crippen molar-refractivity contribution >= 4 is 11.9 Å². The van der Waals surface area contributed by atoms with Gasteiger partial charge < -0.3 is 19.9 Å².